The van der Waals surface area contributed by atoms with E-state index in [-0.39, 0.29) is 17.9 Å². The van der Waals surface area contributed by atoms with Gasteiger partial charge in [-0.05, 0) is 43.2 Å². The van der Waals surface area contributed by atoms with Crippen LogP contribution in [0.5, 0.6) is 11.5 Å². The number of carbonyl (C=O) groups is 1. The first-order valence-corrected chi connectivity index (χ1v) is 10.0. The van der Waals surface area contributed by atoms with Gasteiger partial charge in [0.05, 0.1) is 43.5 Å². The molecule has 1 aliphatic rings. The van der Waals surface area contributed by atoms with Gasteiger partial charge in [-0.1, -0.05) is 19.1 Å². The van der Waals surface area contributed by atoms with Crippen molar-refractivity contribution < 1.29 is 14.3 Å². The van der Waals surface area contributed by atoms with Gasteiger partial charge in [0.1, 0.15) is 11.5 Å². The van der Waals surface area contributed by atoms with Crippen LogP contribution >= 0.6 is 0 Å². The summed E-state index contributed by atoms with van der Waals surface area (Å²) in [7, 11) is 3.32. The lowest BCUT2D eigenvalue weighted by atomic mass is 10.0. The molecule has 0 aliphatic carbocycles. The minimum Gasteiger partial charge on any atom is -0.497 e. The molecule has 2 atom stereocenters. The normalized spacial score (nSPS) is 17.5. The Morgan fingerprint density at radius 2 is 2.03 bits per heavy atom. The third-order valence-electron chi connectivity index (χ3n) is 5.75. The number of hydrogen-bond donors (Lipinski definition) is 0. The smallest absolute Gasteiger partial charge is 0.227 e. The van der Waals surface area contributed by atoms with Crippen LogP contribution in [0.15, 0.2) is 48.8 Å². The summed E-state index contributed by atoms with van der Waals surface area (Å²) in [5.74, 6) is 1.58. The van der Waals surface area contributed by atoms with Crippen LogP contribution < -0.4 is 9.47 Å². The molecule has 1 amide bonds. The Labute approximate surface area is 171 Å². The highest BCUT2D eigenvalue weighted by Gasteiger charge is 2.34. The zero-order valence-corrected chi connectivity index (χ0v) is 17.2. The summed E-state index contributed by atoms with van der Waals surface area (Å²) < 4.78 is 13.0. The van der Waals surface area contributed by atoms with Gasteiger partial charge in [-0.15, -0.1) is 0 Å². The summed E-state index contributed by atoms with van der Waals surface area (Å²) in [6.07, 6.45) is 3.73. The van der Waals surface area contributed by atoms with E-state index in [0.717, 1.165) is 47.5 Å². The number of ether oxygens (including phenoxy) is 2. The molecular weight excluding hydrogens is 366 g/mol. The van der Waals surface area contributed by atoms with Gasteiger partial charge in [0.15, 0.2) is 0 Å². The topological polar surface area (TPSA) is 56.6 Å². The summed E-state index contributed by atoms with van der Waals surface area (Å²) in [5.41, 5.74) is 3.02. The largest absolute Gasteiger partial charge is 0.497 e. The minimum absolute atomic E-state index is 0.00883. The second-order valence-electron chi connectivity index (χ2n) is 7.58. The van der Waals surface area contributed by atoms with Gasteiger partial charge in [0, 0.05) is 18.7 Å². The highest BCUT2D eigenvalue weighted by Crippen LogP contribution is 2.39. The van der Waals surface area contributed by atoms with E-state index in [0.29, 0.717) is 6.54 Å². The first-order chi connectivity index (χ1) is 14.1. The molecule has 1 aliphatic heterocycles. The lowest BCUT2D eigenvalue weighted by Gasteiger charge is -2.29. The van der Waals surface area contributed by atoms with Crippen molar-refractivity contribution in [2.24, 2.45) is 5.92 Å². The molecule has 0 radical (unpaired) electrons. The fourth-order valence-corrected chi connectivity index (χ4v) is 4.27. The van der Waals surface area contributed by atoms with E-state index in [4.69, 9.17) is 9.47 Å². The molecule has 1 aromatic heterocycles. The number of carbonyl (C=O) groups excluding carboxylic acids is 1. The zero-order valence-electron chi connectivity index (χ0n) is 17.2. The third-order valence-corrected chi connectivity index (χ3v) is 5.75. The number of rotatable bonds is 6. The van der Waals surface area contributed by atoms with Gasteiger partial charge in [0.2, 0.25) is 5.91 Å². The van der Waals surface area contributed by atoms with Crippen molar-refractivity contribution >= 4 is 16.9 Å². The van der Waals surface area contributed by atoms with E-state index in [1.807, 2.05) is 60.6 Å². The summed E-state index contributed by atoms with van der Waals surface area (Å²) in [6.45, 7) is 3.37. The molecule has 4 rings (SSSR count). The number of amides is 1. The zero-order chi connectivity index (χ0) is 20.4. The van der Waals surface area contributed by atoms with Crippen molar-refractivity contribution in [3.05, 3.63) is 54.4 Å². The molecule has 0 unspecified atom stereocenters. The molecule has 29 heavy (non-hydrogen) atoms. The number of fused-ring (bicyclic) bond motifs is 1. The Kier molecular flexibility index (Phi) is 5.43. The molecule has 2 heterocycles. The lowest BCUT2D eigenvalue weighted by molar-refractivity contribution is -0.136. The first kappa shape index (κ1) is 19.3. The lowest BCUT2D eigenvalue weighted by Crippen LogP contribution is -2.36. The fourth-order valence-electron chi connectivity index (χ4n) is 4.27. The molecule has 0 saturated carbocycles. The predicted molar refractivity (Wildman–Crippen MR) is 112 cm³/mol. The van der Waals surface area contributed by atoms with Crippen LogP contribution in [-0.4, -0.2) is 41.1 Å². The number of imidazole rings is 1. The SMILES string of the molecule is COc1ccc(OC)c([C@@H]2CCCN2C(=O)[C@H](C)Cn2cnc3ccccc32)c1. The van der Waals surface area contributed by atoms with Crippen LogP contribution in [0.1, 0.15) is 31.4 Å². The van der Waals surface area contributed by atoms with Crippen molar-refractivity contribution in [3.8, 4) is 11.5 Å². The number of likely N-dealkylation sites (tertiary alicyclic amines) is 1. The Morgan fingerprint density at radius 1 is 1.21 bits per heavy atom. The van der Waals surface area contributed by atoms with Crippen molar-refractivity contribution in [3.63, 3.8) is 0 Å². The van der Waals surface area contributed by atoms with Crippen LogP contribution in [0.4, 0.5) is 0 Å². The Bertz CT molecular complexity index is 1010. The number of methoxy groups -OCH3 is 2. The van der Waals surface area contributed by atoms with E-state index < -0.39 is 0 Å². The molecule has 152 valence electrons. The Morgan fingerprint density at radius 3 is 2.83 bits per heavy atom. The monoisotopic (exact) mass is 393 g/mol. The minimum atomic E-state index is -0.148. The Hall–Kier alpha value is -3.02. The number of nitrogens with zero attached hydrogens (tertiary/aromatic N) is 3. The molecule has 6 nitrogen and oxygen atoms in total. The highest BCUT2D eigenvalue weighted by molar-refractivity contribution is 5.80. The van der Waals surface area contributed by atoms with E-state index >= 15 is 0 Å². The molecule has 3 aromatic rings. The second-order valence-corrected chi connectivity index (χ2v) is 7.58. The van der Waals surface area contributed by atoms with Crippen molar-refractivity contribution in [1.82, 2.24) is 14.5 Å². The molecule has 1 fully saturated rings. The highest BCUT2D eigenvalue weighted by atomic mass is 16.5. The molecule has 0 N–H and O–H groups in total. The van der Waals surface area contributed by atoms with Crippen LogP contribution in [0, 0.1) is 5.92 Å². The van der Waals surface area contributed by atoms with Crippen LogP contribution in [0.2, 0.25) is 0 Å². The third kappa shape index (κ3) is 3.67. The molecular formula is C23H27N3O3. The number of benzene rings is 2. The van der Waals surface area contributed by atoms with Crippen LogP contribution in [0.25, 0.3) is 11.0 Å². The van der Waals surface area contributed by atoms with Gasteiger partial charge >= 0.3 is 0 Å². The van der Waals surface area contributed by atoms with E-state index in [9.17, 15) is 4.79 Å². The van der Waals surface area contributed by atoms with Crippen LogP contribution in [0.3, 0.4) is 0 Å². The maximum absolute atomic E-state index is 13.4. The van der Waals surface area contributed by atoms with Crippen molar-refractivity contribution in [2.45, 2.75) is 32.4 Å². The van der Waals surface area contributed by atoms with Gasteiger partial charge in [-0.3, -0.25) is 4.79 Å². The Balaban J connectivity index is 1.56. The maximum atomic E-state index is 13.4. The predicted octanol–water partition coefficient (Wildman–Crippen LogP) is 4.05. The molecule has 0 bridgehead atoms. The average Bonchev–Trinajstić information content (AvgIpc) is 3.40. The van der Waals surface area contributed by atoms with Gasteiger partial charge in [0.25, 0.3) is 0 Å². The van der Waals surface area contributed by atoms with Crippen LogP contribution in [-0.2, 0) is 11.3 Å². The summed E-state index contributed by atoms with van der Waals surface area (Å²) >= 11 is 0. The van der Waals surface area contributed by atoms with E-state index in [1.165, 1.54) is 0 Å². The molecule has 1 saturated heterocycles. The summed E-state index contributed by atoms with van der Waals surface area (Å²) in [4.78, 5) is 19.8. The molecule has 0 spiro atoms. The van der Waals surface area contributed by atoms with E-state index in [2.05, 4.69) is 9.55 Å². The van der Waals surface area contributed by atoms with Gasteiger partial charge < -0.3 is 18.9 Å². The van der Waals surface area contributed by atoms with Crippen molar-refractivity contribution in [2.75, 3.05) is 20.8 Å². The number of hydrogen-bond acceptors (Lipinski definition) is 4. The van der Waals surface area contributed by atoms with Gasteiger partial charge in [-0.25, -0.2) is 4.98 Å². The molecule has 6 heteroatoms. The number of para-hydroxylation sites is 2. The second kappa shape index (κ2) is 8.15. The first-order valence-electron chi connectivity index (χ1n) is 10.0. The quantitative estimate of drug-likeness (QED) is 0.634. The maximum Gasteiger partial charge on any atom is 0.227 e. The van der Waals surface area contributed by atoms with Crippen molar-refractivity contribution in [1.29, 1.82) is 0 Å². The average molecular weight is 393 g/mol. The summed E-state index contributed by atoms with van der Waals surface area (Å²) in [6, 6.07) is 13.8. The summed E-state index contributed by atoms with van der Waals surface area (Å²) in [5, 5.41) is 0. The fraction of sp³-hybridized carbons (Fsp3) is 0.391. The standard InChI is InChI=1S/C23H27N3O3/c1-16(14-25-15-24-19-7-4-5-8-21(19)25)23(27)26-12-6-9-20(26)18-13-17(28-2)10-11-22(18)29-3/h4-5,7-8,10-11,13,15-16,20H,6,9,12,14H2,1-3H3/t16-,20+/m1/s1. The number of aromatic nitrogens is 2. The molecule has 2 aromatic carbocycles. The van der Waals surface area contributed by atoms with Gasteiger partial charge in [-0.2, -0.15) is 0 Å². The van der Waals surface area contributed by atoms with E-state index in [1.54, 1.807) is 14.2 Å².